The van der Waals surface area contributed by atoms with Crippen LogP contribution in [0.2, 0.25) is 0 Å². The Morgan fingerprint density at radius 3 is 2.28 bits per heavy atom. The van der Waals surface area contributed by atoms with Crippen molar-refractivity contribution in [3.8, 4) is 5.75 Å². The van der Waals surface area contributed by atoms with Crippen LogP contribution in [0, 0.1) is 13.8 Å². The summed E-state index contributed by atoms with van der Waals surface area (Å²) in [6.45, 7) is 4.94. The van der Waals surface area contributed by atoms with E-state index in [-0.39, 0.29) is 22.9 Å². The van der Waals surface area contributed by atoms with E-state index in [1.165, 1.54) is 16.4 Å². The Balaban J connectivity index is 1.55. The summed E-state index contributed by atoms with van der Waals surface area (Å²) in [6, 6.07) is 11.5. The highest BCUT2D eigenvalue weighted by Gasteiger charge is 2.27. The lowest BCUT2D eigenvalue weighted by atomic mass is 10.2. The van der Waals surface area contributed by atoms with Gasteiger partial charge in [-0.15, -0.1) is 0 Å². The Labute approximate surface area is 172 Å². The van der Waals surface area contributed by atoms with E-state index in [1.54, 1.807) is 31.2 Å². The second kappa shape index (κ2) is 8.83. The average Bonchev–Trinajstić information content (AvgIpc) is 3.23. The van der Waals surface area contributed by atoms with Crippen molar-refractivity contribution in [3.05, 3.63) is 53.6 Å². The smallest absolute Gasteiger partial charge is 0.243 e. The Morgan fingerprint density at radius 2 is 1.62 bits per heavy atom. The molecule has 0 spiro atoms. The monoisotopic (exact) mass is 438 g/mol. The molecular weight excluding hydrogens is 412 g/mol. The predicted molar refractivity (Wildman–Crippen MR) is 111 cm³/mol. The molecule has 1 aliphatic heterocycles. The molecule has 0 saturated carbocycles. The highest BCUT2D eigenvalue weighted by Crippen LogP contribution is 2.23. The Morgan fingerprint density at radius 1 is 0.966 bits per heavy atom. The summed E-state index contributed by atoms with van der Waals surface area (Å²) in [5.41, 5.74) is 1.55. The van der Waals surface area contributed by atoms with Gasteiger partial charge in [-0.25, -0.2) is 21.6 Å². The summed E-state index contributed by atoms with van der Waals surface area (Å²) in [5.74, 6) is 0.483. The Hall–Kier alpha value is -1.94. The van der Waals surface area contributed by atoms with Gasteiger partial charge in [0.15, 0.2) is 0 Å². The summed E-state index contributed by atoms with van der Waals surface area (Å²) < 4.78 is 59.5. The molecular formula is C20H26N2O5S2. The van der Waals surface area contributed by atoms with Gasteiger partial charge in [-0.05, 0) is 68.1 Å². The first-order valence-electron chi connectivity index (χ1n) is 9.50. The number of rotatable bonds is 8. The van der Waals surface area contributed by atoms with Gasteiger partial charge in [0.1, 0.15) is 12.4 Å². The van der Waals surface area contributed by atoms with Crippen molar-refractivity contribution in [3.63, 3.8) is 0 Å². The molecule has 3 rings (SSSR count). The second-order valence-electron chi connectivity index (χ2n) is 7.10. The van der Waals surface area contributed by atoms with Gasteiger partial charge < -0.3 is 4.74 Å². The molecule has 7 nitrogen and oxygen atoms in total. The number of sulfonamides is 2. The highest BCUT2D eigenvalue weighted by molar-refractivity contribution is 7.89. The molecule has 0 aliphatic carbocycles. The summed E-state index contributed by atoms with van der Waals surface area (Å²) in [7, 11) is -7.07. The zero-order chi connectivity index (χ0) is 21.1. The van der Waals surface area contributed by atoms with Crippen molar-refractivity contribution in [2.75, 3.05) is 26.2 Å². The van der Waals surface area contributed by atoms with Crippen LogP contribution in [-0.2, 0) is 20.0 Å². The third kappa shape index (κ3) is 5.16. The van der Waals surface area contributed by atoms with E-state index in [4.69, 9.17) is 4.74 Å². The zero-order valence-electron chi connectivity index (χ0n) is 16.6. The SMILES string of the molecule is Cc1ccc(C)c(S(=O)(=O)NCCOc2ccc(S(=O)(=O)N3CCCC3)cc2)c1. The van der Waals surface area contributed by atoms with E-state index >= 15 is 0 Å². The number of aryl methyl sites for hydroxylation is 2. The molecule has 0 unspecified atom stereocenters. The van der Waals surface area contributed by atoms with Crippen molar-refractivity contribution in [1.29, 1.82) is 0 Å². The lowest BCUT2D eigenvalue weighted by molar-refractivity contribution is 0.322. The largest absolute Gasteiger partial charge is 0.492 e. The first-order chi connectivity index (χ1) is 13.7. The van der Waals surface area contributed by atoms with Gasteiger partial charge in [-0.2, -0.15) is 4.31 Å². The minimum Gasteiger partial charge on any atom is -0.492 e. The van der Waals surface area contributed by atoms with Gasteiger partial charge in [-0.1, -0.05) is 12.1 Å². The summed E-state index contributed by atoms with van der Waals surface area (Å²) in [4.78, 5) is 0.497. The lowest BCUT2D eigenvalue weighted by Gasteiger charge is -2.15. The number of nitrogens with one attached hydrogen (secondary N) is 1. The van der Waals surface area contributed by atoms with Gasteiger partial charge in [0.25, 0.3) is 0 Å². The minimum absolute atomic E-state index is 0.101. The molecule has 1 heterocycles. The Bertz CT molecular complexity index is 1060. The fourth-order valence-electron chi connectivity index (χ4n) is 3.20. The van der Waals surface area contributed by atoms with Crippen LogP contribution < -0.4 is 9.46 Å². The molecule has 0 aromatic heterocycles. The molecule has 29 heavy (non-hydrogen) atoms. The number of hydrogen-bond acceptors (Lipinski definition) is 5. The third-order valence-electron chi connectivity index (χ3n) is 4.82. The molecule has 0 amide bonds. The predicted octanol–water partition coefficient (Wildman–Crippen LogP) is 2.45. The molecule has 1 fully saturated rings. The van der Waals surface area contributed by atoms with E-state index in [0.29, 0.717) is 24.4 Å². The quantitative estimate of drug-likeness (QED) is 0.639. The zero-order valence-corrected chi connectivity index (χ0v) is 18.2. The molecule has 0 bridgehead atoms. The molecule has 0 radical (unpaired) electrons. The van der Waals surface area contributed by atoms with Crippen LogP contribution in [0.5, 0.6) is 5.75 Å². The molecule has 2 aromatic rings. The number of ether oxygens (including phenoxy) is 1. The van der Waals surface area contributed by atoms with Crippen LogP contribution in [-0.4, -0.2) is 47.4 Å². The topological polar surface area (TPSA) is 92.8 Å². The van der Waals surface area contributed by atoms with Crippen molar-refractivity contribution in [2.24, 2.45) is 0 Å². The first-order valence-corrected chi connectivity index (χ1v) is 12.4. The van der Waals surface area contributed by atoms with Gasteiger partial charge in [-0.3, -0.25) is 0 Å². The molecule has 158 valence electrons. The first kappa shape index (κ1) is 21.8. The van der Waals surface area contributed by atoms with Crippen molar-refractivity contribution < 1.29 is 21.6 Å². The van der Waals surface area contributed by atoms with Crippen LogP contribution in [0.1, 0.15) is 24.0 Å². The molecule has 1 aliphatic rings. The number of hydrogen-bond donors (Lipinski definition) is 1. The highest BCUT2D eigenvalue weighted by atomic mass is 32.2. The number of nitrogens with zero attached hydrogens (tertiary/aromatic N) is 1. The lowest BCUT2D eigenvalue weighted by Crippen LogP contribution is -2.29. The normalized spacial score (nSPS) is 15.5. The fraction of sp³-hybridized carbons (Fsp3) is 0.400. The second-order valence-corrected chi connectivity index (χ2v) is 10.8. The maximum absolute atomic E-state index is 12.5. The average molecular weight is 439 g/mol. The molecule has 2 aromatic carbocycles. The fourth-order valence-corrected chi connectivity index (χ4v) is 6.06. The standard InChI is InChI=1S/C20H26N2O5S2/c1-16-5-6-17(2)20(15-16)28(23,24)21-11-14-27-18-7-9-19(10-8-18)29(25,26)22-12-3-4-13-22/h5-10,15,21H,3-4,11-14H2,1-2H3. The van der Waals surface area contributed by atoms with E-state index in [1.807, 2.05) is 13.0 Å². The van der Waals surface area contributed by atoms with Crippen molar-refractivity contribution >= 4 is 20.0 Å². The molecule has 9 heteroatoms. The van der Waals surface area contributed by atoms with Gasteiger partial charge in [0.05, 0.1) is 9.79 Å². The summed E-state index contributed by atoms with van der Waals surface area (Å²) in [6.07, 6.45) is 1.77. The van der Waals surface area contributed by atoms with Crippen molar-refractivity contribution in [1.82, 2.24) is 9.03 Å². The molecule has 0 atom stereocenters. The minimum atomic E-state index is -3.62. The van der Waals surface area contributed by atoms with E-state index < -0.39 is 20.0 Å². The van der Waals surface area contributed by atoms with Gasteiger partial charge in [0, 0.05) is 19.6 Å². The van der Waals surface area contributed by atoms with Crippen LogP contribution in [0.25, 0.3) is 0 Å². The number of benzene rings is 2. The summed E-state index contributed by atoms with van der Waals surface area (Å²) >= 11 is 0. The van der Waals surface area contributed by atoms with Gasteiger partial charge >= 0.3 is 0 Å². The van der Waals surface area contributed by atoms with Crippen molar-refractivity contribution in [2.45, 2.75) is 36.5 Å². The molecule has 1 N–H and O–H groups in total. The summed E-state index contributed by atoms with van der Waals surface area (Å²) in [5, 5.41) is 0. The van der Waals surface area contributed by atoms with Gasteiger partial charge in [0.2, 0.25) is 20.0 Å². The van der Waals surface area contributed by atoms with E-state index in [0.717, 1.165) is 18.4 Å². The van der Waals surface area contributed by atoms with E-state index in [2.05, 4.69) is 4.72 Å². The third-order valence-corrected chi connectivity index (χ3v) is 8.34. The molecule has 1 saturated heterocycles. The van der Waals surface area contributed by atoms with Crippen LogP contribution >= 0.6 is 0 Å². The maximum atomic E-state index is 12.5. The maximum Gasteiger partial charge on any atom is 0.243 e. The van der Waals surface area contributed by atoms with E-state index in [9.17, 15) is 16.8 Å². The van der Waals surface area contributed by atoms with Crippen LogP contribution in [0.15, 0.2) is 52.3 Å². The van der Waals surface area contributed by atoms with Crippen LogP contribution in [0.4, 0.5) is 0 Å². The van der Waals surface area contributed by atoms with Crippen LogP contribution in [0.3, 0.4) is 0 Å². The Kier molecular flexibility index (Phi) is 6.62.